The van der Waals surface area contributed by atoms with Gasteiger partial charge in [0, 0.05) is 28.4 Å². The van der Waals surface area contributed by atoms with Crippen molar-refractivity contribution in [2.45, 2.75) is 13.0 Å². The van der Waals surface area contributed by atoms with Crippen LogP contribution in [0.25, 0.3) is 5.65 Å². The van der Waals surface area contributed by atoms with E-state index >= 15 is 0 Å². The summed E-state index contributed by atoms with van der Waals surface area (Å²) in [6.45, 7) is 0.247. The molecule has 0 saturated heterocycles. The molecule has 1 aromatic carbocycles. The van der Waals surface area contributed by atoms with Gasteiger partial charge in [-0.2, -0.15) is 0 Å². The van der Waals surface area contributed by atoms with Gasteiger partial charge in [-0.25, -0.2) is 9.37 Å². The normalized spacial score (nSPS) is 10.9. The Hall–Kier alpha value is -1.92. The monoisotopic (exact) mass is 395 g/mol. The maximum absolute atomic E-state index is 13.0. The van der Waals surface area contributed by atoms with Crippen molar-refractivity contribution >= 4 is 39.1 Å². The molecular formula is C16H12BrClFN3O. The van der Waals surface area contributed by atoms with Crippen LogP contribution in [0.2, 0.25) is 5.02 Å². The molecule has 4 nitrogen and oxygen atoms in total. The van der Waals surface area contributed by atoms with E-state index in [4.69, 9.17) is 11.6 Å². The molecule has 1 N–H and O–H groups in total. The number of hydrogen-bond acceptors (Lipinski definition) is 2. The van der Waals surface area contributed by atoms with Crippen LogP contribution in [-0.2, 0) is 17.8 Å². The lowest BCUT2D eigenvalue weighted by Gasteiger charge is -2.06. The van der Waals surface area contributed by atoms with Crippen molar-refractivity contribution in [2.24, 2.45) is 0 Å². The fourth-order valence-electron chi connectivity index (χ4n) is 2.19. The van der Waals surface area contributed by atoms with E-state index in [1.54, 1.807) is 6.07 Å². The highest BCUT2D eigenvalue weighted by molar-refractivity contribution is 9.10. The average molecular weight is 397 g/mol. The molecule has 0 radical (unpaired) electrons. The molecule has 2 heterocycles. The standard InChI is InChI=1S/C16H12BrClFN3O/c17-11-2-4-15-21-13(9-22(15)8-11)6-16(23)20-7-10-1-3-12(19)5-14(10)18/h1-5,8-9H,6-7H2,(H,20,23). The number of hydrogen-bond donors (Lipinski definition) is 1. The van der Waals surface area contributed by atoms with E-state index in [0.29, 0.717) is 16.3 Å². The van der Waals surface area contributed by atoms with E-state index in [1.807, 2.05) is 28.9 Å². The Kier molecular flexibility index (Phi) is 4.63. The van der Waals surface area contributed by atoms with Gasteiger partial charge in [0.05, 0.1) is 12.1 Å². The molecule has 0 unspecified atom stereocenters. The molecule has 2 aromatic heterocycles. The second kappa shape index (κ2) is 6.68. The predicted octanol–water partition coefficient (Wildman–Crippen LogP) is 3.75. The first-order valence-electron chi connectivity index (χ1n) is 6.85. The minimum Gasteiger partial charge on any atom is -0.352 e. The van der Waals surface area contributed by atoms with Crippen LogP contribution in [0.3, 0.4) is 0 Å². The lowest BCUT2D eigenvalue weighted by Crippen LogP contribution is -2.24. The molecule has 118 valence electrons. The molecule has 7 heteroatoms. The number of benzene rings is 1. The number of carbonyl (C=O) groups is 1. The average Bonchev–Trinajstić information content (AvgIpc) is 2.87. The van der Waals surface area contributed by atoms with Crippen LogP contribution in [0.5, 0.6) is 0 Å². The van der Waals surface area contributed by atoms with Crippen LogP contribution >= 0.6 is 27.5 Å². The first-order chi connectivity index (χ1) is 11.0. The van der Waals surface area contributed by atoms with Gasteiger partial charge in [-0.15, -0.1) is 0 Å². The summed E-state index contributed by atoms with van der Waals surface area (Å²) < 4.78 is 15.8. The lowest BCUT2D eigenvalue weighted by atomic mass is 10.2. The molecule has 3 aromatic rings. The molecule has 3 rings (SSSR count). The highest BCUT2D eigenvalue weighted by atomic mass is 79.9. The second-order valence-electron chi connectivity index (χ2n) is 5.03. The Morgan fingerprint density at radius 1 is 1.30 bits per heavy atom. The molecule has 0 saturated carbocycles. The Morgan fingerprint density at radius 3 is 2.91 bits per heavy atom. The van der Waals surface area contributed by atoms with E-state index in [2.05, 4.69) is 26.2 Å². The maximum atomic E-state index is 13.0. The number of halogens is 3. The molecule has 0 bridgehead atoms. The van der Waals surface area contributed by atoms with Crippen molar-refractivity contribution in [2.75, 3.05) is 0 Å². The van der Waals surface area contributed by atoms with Gasteiger partial charge >= 0.3 is 0 Å². The summed E-state index contributed by atoms with van der Waals surface area (Å²) in [5.41, 5.74) is 2.11. The summed E-state index contributed by atoms with van der Waals surface area (Å²) in [6, 6.07) is 7.85. The van der Waals surface area contributed by atoms with Crippen molar-refractivity contribution in [1.29, 1.82) is 0 Å². The van der Waals surface area contributed by atoms with Crippen molar-refractivity contribution < 1.29 is 9.18 Å². The van der Waals surface area contributed by atoms with E-state index < -0.39 is 5.82 Å². The van der Waals surface area contributed by atoms with Gasteiger partial charge in [-0.3, -0.25) is 4.79 Å². The summed E-state index contributed by atoms with van der Waals surface area (Å²) in [6.07, 6.45) is 3.85. The van der Waals surface area contributed by atoms with Gasteiger partial charge in [0.15, 0.2) is 0 Å². The highest BCUT2D eigenvalue weighted by Crippen LogP contribution is 2.17. The van der Waals surface area contributed by atoms with Gasteiger partial charge < -0.3 is 9.72 Å². The van der Waals surface area contributed by atoms with Crippen molar-refractivity contribution in [3.05, 3.63) is 69.3 Å². The van der Waals surface area contributed by atoms with Gasteiger partial charge in [0.1, 0.15) is 11.5 Å². The molecule has 0 spiro atoms. The lowest BCUT2D eigenvalue weighted by molar-refractivity contribution is -0.120. The molecule has 0 aliphatic carbocycles. The van der Waals surface area contributed by atoms with Crippen LogP contribution in [0.4, 0.5) is 4.39 Å². The third-order valence-electron chi connectivity index (χ3n) is 3.30. The Morgan fingerprint density at radius 2 is 2.13 bits per heavy atom. The van der Waals surface area contributed by atoms with Crippen LogP contribution in [-0.4, -0.2) is 15.3 Å². The number of aromatic nitrogens is 2. The number of fused-ring (bicyclic) bond motifs is 1. The smallest absolute Gasteiger partial charge is 0.226 e. The van der Waals surface area contributed by atoms with E-state index in [9.17, 15) is 9.18 Å². The summed E-state index contributed by atoms with van der Waals surface area (Å²) >= 11 is 9.32. The molecule has 0 fully saturated rings. The number of nitrogens with zero attached hydrogens (tertiary/aromatic N) is 2. The molecule has 1 amide bonds. The fraction of sp³-hybridized carbons (Fsp3) is 0.125. The van der Waals surface area contributed by atoms with Crippen molar-refractivity contribution in [1.82, 2.24) is 14.7 Å². The minimum atomic E-state index is -0.402. The maximum Gasteiger partial charge on any atom is 0.226 e. The quantitative estimate of drug-likeness (QED) is 0.730. The van der Waals surface area contributed by atoms with Crippen molar-refractivity contribution in [3.8, 4) is 0 Å². The summed E-state index contributed by atoms with van der Waals surface area (Å²) in [7, 11) is 0. The second-order valence-corrected chi connectivity index (χ2v) is 6.36. The molecule has 0 aliphatic rings. The van der Waals surface area contributed by atoms with Crippen LogP contribution in [0.1, 0.15) is 11.3 Å². The minimum absolute atomic E-state index is 0.165. The summed E-state index contributed by atoms with van der Waals surface area (Å²) in [5, 5.41) is 3.05. The Balaban J connectivity index is 1.64. The van der Waals surface area contributed by atoms with E-state index in [1.165, 1.54) is 12.1 Å². The number of carbonyl (C=O) groups excluding carboxylic acids is 1. The van der Waals surface area contributed by atoms with Gasteiger partial charge in [-0.05, 0) is 45.8 Å². The third-order valence-corrected chi connectivity index (χ3v) is 4.12. The summed E-state index contributed by atoms with van der Waals surface area (Å²) in [5.74, 6) is -0.575. The van der Waals surface area contributed by atoms with Gasteiger partial charge in [0.2, 0.25) is 5.91 Å². The molecule has 0 aliphatic heterocycles. The largest absolute Gasteiger partial charge is 0.352 e. The Bertz CT molecular complexity index is 881. The predicted molar refractivity (Wildman–Crippen MR) is 89.9 cm³/mol. The third kappa shape index (κ3) is 3.89. The van der Waals surface area contributed by atoms with Crippen LogP contribution in [0.15, 0.2) is 47.2 Å². The highest BCUT2D eigenvalue weighted by Gasteiger charge is 2.09. The first-order valence-corrected chi connectivity index (χ1v) is 8.02. The number of nitrogens with one attached hydrogen (secondary N) is 1. The fourth-order valence-corrected chi connectivity index (χ4v) is 2.78. The Labute approximate surface area is 145 Å². The SMILES string of the molecule is O=C(Cc1cn2cc(Br)ccc2n1)NCc1ccc(F)cc1Cl. The molecular weight excluding hydrogens is 385 g/mol. The number of pyridine rings is 1. The van der Waals surface area contributed by atoms with Gasteiger partial charge in [-0.1, -0.05) is 17.7 Å². The van der Waals surface area contributed by atoms with Crippen molar-refractivity contribution in [3.63, 3.8) is 0 Å². The zero-order valence-electron chi connectivity index (χ0n) is 11.9. The first kappa shape index (κ1) is 16.0. The number of rotatable bonds is 4. The van der Waals surface area contributed by atoms with Crippen LogP contribution < -0.4 is 5.32 Å². The zero-order chi connectivity index (χ0) is 16.4. The number of imidazole rings is 1. The summed E-state index contributed by atoms with van der Waals surface area (Å²) in [4.78, 5) is 16.4. The molecule has 0 atom stereocenters. The van der Waals surface area contributed by atoms with Crippen LogP contribution in [0, 0.1) is 5.82 Å². The topological polar surface area (TPSA) is 46.4 Å². The van der Waals surface area contributed by atoms with Gasteiger partial charge in [0.25, 0.3) is 0 Å². The molecule has 23 heavy (non-hydrogen) atoms. The number of amides is 1. The zero-order valence-corrected chi connectivity index (χ0v) is 14.2. The van der Waals surface area contributed by atoms with E-state index in [0.717, 1.165) is 10.1 Å². The van der Waals surface area contributed by atoms with E-state index in [-0.39, 0.29) is 18.9 Å².